The summed E-state index contributed by atoms with van der Waals surface area (Å²) in [5.74, 6) is 0.171. The van der Waals surface area contributed by atoms with Gasteiger partial charge < -0.3 is 14.8 Å². The summed E-state index contributed by atoms with van der Waals surface area (Å²) >= 11 is 5.24. The van der Waals surface area contributed by atoms with Crippen LogP contribution in [0, 0.1) is 0 Å². The molecule has 0 aliphatic heterocycles. The van der Waals surface area contributed by atoms with Crippen LogP contribution in [0.25, 0.3) is 0 Å². The van der Waals surface area contributed by atoms with Crippen molar-refractivity contribution >= 4 is 38.9 Å². The molecular weight excluding hydrogens is 474 g/mol. The largest absolute Gasteiger partial charge is 0.491 e. The molecule has 0 heterocycles. The van der Waals surface area contributed by atoms with E-state index in [4.69, 9.17) is 21.7 Å². The Hall–Kier alpha value is -2.53. The second-order valence-electron chi connectivity index (χ2n) is 7.41. The highest BCUT2D eigenvalue weighted by molar-refractivity contribution is 7.89. The molecule has 186 valence electrons. The molecule has 10 heteroatoms. The fraction of sp³-hybridized carbons (Fsp3) is 0.417. The van der Waals surface area contributed by atoms with Gasteiger partial charge in [-0.2, -0.15) is 4.31 Å². The summed E-state index contributed by atoms with van der Waals surface area (Å²) in [7, 11) is -3.56. The summed E-state index contributed by atoms with van der Waals surface area (Å²) in [5.41, 5.74) is 0.959. The second-order valence-corrected chi connectivity index (χ2v) is 9.76. The molecule has 2 aromatic carbocycles. The smallest absolute Gasteiger partial charge is 0.257 e. The zero-order chi connectivity index (χ0) is 25.0. The maximum Gasteiger partial charge on any atom is 0.257 e. The number of hydrogen-bond acceptors (Lipinski definition) is 6. The van der Waals surface area contributed by atoms with Crippen LogP contribution in [0.3, 0.4) is 0 Å². The maximum absolute atomic E-state index is 12.9. The number of sulfonamides is 1. The van der Waals surface area contributed by atoms with E-state index in [9.17, 15) is 13.2 Å². The lowest BCUT2D eigenvalue weighted by Crippen LogP contribution is -2.34. The van der Waals surface area contributed by atoms with Crippen LogP contribution in [0.2, 0.25) is 0 Å². The van der Waals surface area contributed by atoms with Crippen molar-refractivity contribution < 1.29 is 22.7 Å². The molecule has 0 atom stereocenters. The molecule has 0 bridgehead atoms. The number of anilines is 1. The first-order valence-electron chi connectivity index (χ1n) is 11.3. The topological polar surface area (TPSA) is 97.0 Å². The van der Waals surface area contributed by atoms with Gasteiger partial charge in [-0.1, -0.05) is 19.9 Å². The number of carbonyl (C=O) groups is 1. The molecule has 2 aromatic rings. The zero-order valence-electron chi connectivity index (χ0n) is 19.9. The van der Waals surface area contributed by atoms with Gasteiger partial charge in [0.15, 0.2) is 5.11 Å². The van der Waals surface area contributed by atoms with Crippen LogP contribution < -0.4 is 15.4 Å². The average molecular weight is 508 g/mol. The Kier molecular flexibility index (Phi) is 11.4. The molecule has 0 saturated carbocycles. The molecule has 1 amide bonds. The Balaban J connectivity index is 1.97. The highest BCUT2D eigenvalue weighted by Gasteiger charge is 2.22. The summed E-state index contributed by atoms with van der Waals surface area (Å²) in [4.78, 5) is 12.8. The second kappa shape index (κ2) is 14.0. The van der Waals surface area contributed by atoms with Crippen molar-refractivity contribution in [2.75, 3.05) is 38.2 Å². The van der Waals surface area contributed by atoms with Crippen molar-refractivity contribution in [3.8, 4) is 5.75 Å². The summed E-state index contributed by atoms with van der Waals surface area (Å²) < 4.78 is 38.1. The minimum atomic E-state index is -3.56. The Morgan fingerprint density at radius 2 is 1.68 bits per heavy atom. The first kappa shape index (κ1) is 27.7. The minimum Gasteiger partial charge on any atom is -0.491 e. The fourth-order valence-corrected chi connectivity index (χ4v) is 4.97. The van der Waals surface area contributed by atoms with Gasteiger partial charge >= 0.3 is 0 Å². The van der Waals surface area contributed by atoms with Crippen molar-refractivity contribution in [3.05, 3.63) is 54.1 Å². The van der Waals surface area contributed by atoms with E-state index in [1.54, 1.807) is 36.4 Å². The van der Waals surface area contributed by atoms with E-state index in [1.165, 1.54) is 16.4 Å². The third-order valence-corrected chi connectivity index (χ3v) is 6.84. The molecule has 0 unspecified atom stereocenters. The summed E-state index contributed by atoms with van der Waals surface area (Å²) in [5, 5.41) is 5.63. The predicted octanol–water partition coefficient (Wildman–Crippen LogP) is 4.04. The molecule has 0 radical (unpaired) electrons. The third-order valence-electron chi connectivity index (χ3n) is 4.72. The first-order chi connectivity index (χ1) is 16.3. The lowest BCUT2D eigenvalue weighted by Gasteiger charge is -2.21. The Labute approximate surface area is 207 Å². The van der Waals surface area contributed by atoms with Gasteiger partial charge in [0.05, 0.1) is 11.5 Å². The van der Waals surface area contributed by atoms with Gasteiger partial charge in [0.25, 0.3) is 5.91 Å². The molecular formula is C24H33N3O5S2. The molecule has 2 rings (SSSR count). The fourth-order valence-electron chi connectivity index (χ4n) is 3.14. The molecule has 0 aromatic heterocycles. The van der Waals surface area contributed by atoms with Crippen LogP contribution in [0.1, 0.15) is 44.0 Å². The van der Waals surface area contributed by atoms with Gasteiger partial charge in [0.1, 0.15) is 12.4 Å². The number of nitrogens with zero attached hydrogens (tertiary/aromatic N) is 1. The number of rotatable bonds is 13. The molecule has 0 spiro atoms. The van der Waals surface area contributed by atoms with Crippen molar-refractivity contribution in [2.24, 2.45) is 0 Å². The van der Waals surface area contributed by atoms with Crippen molar-refractivity contribution in [1.29, 1.82) is 0 Å². The minimum absolute atomic E-state index is 0.0990. The van der Waals surface area contributed by atoms with E-state index < -0.39 is 10.0 Å². The molecule has 2 N–H and O–H groups in total. The Morgan fingerprint density at radius 1 is 1.00 bits per heavy atom. The molecule has 0 aliphatic rings. The highest BCUT2D eigenvalue weighted by atomic mass is 32.2. The standard InChI is InChI=1S/C24H33N3O5S2/c1-4-14-27(15-5-2)34(29,30)22-12-10-20(11-13-22)25-24(33)26-23(28)19-8-7-9-21(18-19)32-17-16-31-6-3/h7-13,18H,4-6,14-17H2,1-3H3,(H2,25,26,28,33). The summed E-state index contributed by atoms with van der Waals surface area (Å²) in [6.07, 6.45) is 1.49. The number of thiocarbonyl (C=S) groups is 1. The number of nitrogens with one attached hydrogen (secondary N) is 2. The normalized spacial score (nSPS) is 11.3. The maximum atomic E-state index is 12.9. The number of amides is 1. The van der Waals surface area contributed by atoms with E-state index in [1.807, 2.05) is 20.8 Å². The van der Waals surface area contributed by atoms with Crippen LogP contribution in [0.5, 0.6) is 5.75 Å². The van der Waals surface area contributed by atoms with Crippen LogP contribution in [-0.4, -0.2) is 56.7 Å². The van der Waals surface area contributed by atoms with Crippen LogP contribution >= 0.6 is 12.2 Å². The van der Waals surface area contributed by atoms with Gasteiger partial charge in [-0.05, 0) is 74.4 Å². The molecule has 0 aliphatic carbocycles. The number of carbonyl (C=O) groups excluding carboxylic acids is 1. The molecule has 8 nitrogen and oxygen atoms in total. The number of hydrogen-bond donors (Lipinski definition) is 2. The third kappa shape index (κ3) is 8.35. The van der Waals surface area contributed by atoms with Gasteiger partial charge in [-0.3, -0.25) is 10.1 Å². The molecule has 34 heavy (non-hydrogen) atoms. The molecule has 0 fully saturated rings. The van der Waals surface area contributed by atoms with Crippen molar-refractivity contribution in [1.82, 2.24) is 9.62 Å². The lowest BCUT2D eigenvalue weighted by molar-refractivity contribution is 0.0976. The van der Waals surface area contributed by atoms with E-state index in [2.05, 4.69) is 10.6 Å². The van der Waals surface area contributed by atoms with Gasteiger partial charge in [-0.25, -0.2) is 8.42 Å². The van der Waals surface area contributed by atoms with Gasteiger partial charge in [0.2, 0.25) is 10.0 Å². The average Bonchev–Trinajstić information content (AvgIpc) is 2.82. The predicted molar refractivity (Wildman–Crippen MR) is 138 cm³/mol. The quantitative estimate of drug-likeness (QED) is 0.312. The van der Waals surface area contributed by atoms with E-state index in [0.717, 1.165) is 12.8 Å². The van der Waals surface area contributed by atoms with Crippen LogP contribution in [0.15, 0.2) is 53.4 Å². The van der Waals surface area contributed by atoms with Crippen molar-refractivity contribution in [2.45, 2.75) is 38.5 Å². The monoisotopic (exact) mass is 507 g/mol. The summed E-state index contributed by atoms with van der Waals surface area (Å²) in [6.45, 7) is 8.24. The molecule has 0 saturated heterocycles. The summed E-state index contributed by atoms with van der Waals surface area (Å²) in [6, 6.07) is 13.1. The number of benzene rings is 2. The van der Waals surface area contributed by atoms with Crippen LogP contribution in [-0.2, 0) is 14.8 Å². The van der Waals surface area contributed by atoms with Gasteiger partial charge in [0, 0.05) is 30.9 Å². The lowest BCUT2D eigenvalue weighted by atomic mass is 10.2. The SMILES string of the molecule is CCCN(CCC)S(=O)(=O)c1ccc(NC(=S)NC(=O)c2cccc(OCCOCC)c2)cc1. The Bertz CT molecular complexity index is 1040. The highest BCUT2D eigenvalue weighted by Crippen LogP contribution is 2.19. The van der Waals surface area contributed by atoms with E-state index in [-0.39, 0.29) is 15.9 Å². The van der Waals surface area contributed by atoms with E-state index in [0.29, 0.717) is 49.9 Å². The number of ether oxygens (including phenoxy) is 2. The zero-order valence-corrected chi connectivity index (χ0v) is 21.5. The Morgan fingerprint density at radius 3 is 2.29 bits per heavy atom. The first-order valence-corrected chi connectivity index (χ1v) is 13.2. The van der Waals surface area contributed by atoms with Gasteiger partial charge in [-0.15, -0.1) is 0 Å². The van der Waals surface area contributed by atoms with Crippen LogP contribution in [0.4, 0.5) is 5.69 Å². The van der Waals surface area contributed by atoms with E-state index >= 15 is 0 Å². The van der Waals surface area contributed by atoms with Crippen molar-refractivity contribution in [3.63, 3.8) is 0 Å².